The standard InChI is InChI=1S/C15H18F2N2O3/c16-10-5-3-6-11(17)13(10)19-15(22)14(21)18-12-7-2-1-4-9(12)8-20/h3,5-6,9,12,20H,1-2,4,7-8H2,(H,18,21)(H,19,22). The maximum atomic E-state index is 13.4. The molecular formula is C15H18F2N2O3. The lowest BCUT2D eigenvalue weighted by Gasteiger charge is -2.30. The van der Waals surface area contributed by atoms with Crippen LogP contribution in [-0.2, 0) is 9.59 Å². The SMILES string of the molecule is O=C(Nc1c(F)cccc1F)C(=O)NC1CCCCC1CO. The van der Waals surface area contributed by atoms with Crippen molar-refractivity contribution in [1.82, 2.24) is 5.32 Å². The number of hydrogen-bond donors (Lipinski definition) is 3. The Balaban J connectivity index is 1.99. The Morgan fingerprint density at radius 3 is 2.41 bits per heavy atom. The van der Waals surface area contributed by atoms with Crippen molar-refractivity contribution in [3.05, 3.63) is 29.8 Å². The first-order chi connectivity index (χ1) is 10.5. The van der Waals surface area contributed by atoms with Gasteiger partial charge < -0.3 is 15.7 Å². The predicted molar refractivity (Wildman–Crippen MR) is 76.0 cm³/mol. The fraction of sp³-hybridized carbons (Fsp3) is 0.467. The van der Waals surface area contributed by atoms with Crippen LogP contribution < -0.4 is 10.6 Å². The quantitative estimate of drug-likeness (QED) is 0.741. The summed E-state index contributed by atoms with van der Waals surface area (Å²) in [6.45, 7) is -0.0749. The van der Waals surface area contributed by atoms with Crippen molar-refractivity contribution in [1.29, 1.82) is 0 Å². The molecule has 0 aromatic heterocycles. The summed E-state index contributed by atoms with van der Waals surface area (Å²) in [4.78, 5) is 23.6. The number of amides is 2. The van der Waals surface area contributed by atoms with Crippen LogP contribution in [0.15, 0.2) is 18.2 Å². The Labute approximate surface area is 126 Å². The molecular weight excluding hydrogens is 294 g/mol. The molecule has 1 saturated carbocycles. The number of aliphatic hydroxyl groups excluding tert-OH is 1. The molecule has 3 N–H and O–H groups in total. The number of nitrogens with one attached hydrogen (secondary N) is 2. The van der Waals surface area contributed by atoms with Crippen LogP contribution in [0.2, 0.25) is 0 Å². The molecule has 0 saturated heterocycles. The van der Waals surface area contributed by atoms with Crippen LogP contribution in [0, 0.1) is 17.6 Å². The average molecular weight is 312 g/mol. The highest BCUT2D eigenvalue weighted by Gasteiger charge is 2.28. The van der Waals surface area contributed by atoms with Gasteiger partial charge in [0.1, 0.15) is 17.3 Å². The van der Waals surface area contributed by atoms with E-state index in [0.717, 1.165) is 37.5 Å². The smallest absolute Gasteiger partial charge is 0.313 e. The molecule has 2 unspecified atom stereocenters. The van der Waals surface area contributed by atoms with Gasteiger partial charge in [-0.2, -0.15) is 0 Å². The van der Waals surface area contributed by atoms with E-state index in [0.29, 0.717) is 6.42 Å². The summed E-state index contributed by atoms with van der Waals surface area (Å²) in [6, 6.07) is 2.83. The van der Waals surface area contributed by atoms with Crippen LogP contribution in [0.5, 0.6) is 0 Å². The molecule has 0 radical (unpaired) electrons. The summed E-state index contributed by atoms with van der Waals surface area (Å²) >= 11 is 0. The molecule has 2 amide bonds. The highest BCUT2D eigenvalue weighted by Crippen LogP contribution is 2.24. The summed E-state index contributed by atoms with van der Waals surface area (Å²) in [5, 5.41) is 13.7. The van der Waals surface area contributed by atoms with E-state index in [4.69, 9.17) is 0 Å². The molecule has 2 atom stereocenters. The van der Waals surface area contributed by atoms with Gasteiger partial charge in [-0.05, 0) is 25.0 Å². The summed E-state index contributed by atoms with van der Waals surface area (Å²) in [5.41, 5.74) is -0.648. The van der Waals surface area contributed by atoms with Crippen molar-refractivity contribution < 1.29 is 23.5 Å². The van der Waals surface area contributed by atoms with Crippen molar-refractivity contribution in [3.8, 4) is 0 Å². The van der Waals surface area contributed by atoms with E-state index in [-0.39, 0.29) is 18.6 Å². The Morgan fingerprint density at radius 1 is 1.14 bits per heavy atom. The number of para-hydroxylation sites is 1. The summed E-state index contributed by atoms with van der Waals surface area (Å²) in [6.07, 6.45) is 3.29. The first kappa shape index (κ1) is 16.4. The highest BCUT2D eigenvalue weighted by molar-refractivity contribution is 6.39. The number of halogens is 2. The minimum Gasteiger partial charge on any atom is -0.396 e. The number of benzene rings is 1. The third-order valence-electron chi connectivity index (χ3n) is 3.87. The Hall–Kier alpha value is -2.02. The van der Waals surface area contributed by atoms with E-state index in [1.165, 1.54) is 0 Å². The van der Waals surface area contributed by atoms with Gasteiger partial charge in [0.15, 0.2) is 0 Å². The van der Waals surface area contributed by atoms with Gasteiger partial charge in [-0.1, -0.05) is 18.9 Å². The molecule has 0 bridgehead atoms. The zero-order chi connectivity index (χ0) is 16.1. The second kappa shape index (κ2) is 7.31. The topological polar surface area (TPSA) is 78.4 Å². The first-order valence-corrected chi connectivity index (χ1v) is 7.19. The van der Waals surface area contributed by atoms with Gasteiger partial charge >= 0.3 is 11.8 Å². The van der Waals surface area contributed by atoms with Crippen molar-refractivity contribution in [2.45, 2.75) is 31.7 Å². The fourth-order valence-electron chi connectivity index (χ4n) is 2.64. The van der Waals surface area contributed by atoms with Crippen molar-refractivity contribution in [2.24, 2.45) is 5.92 Å². The maximum Gasteiger partial charge on any atom is 0.313 e. The molecule has 0 heterocycles. The number of aliphatic hydroxyl groups is 1. The minimum absolute atomic E-state index is 0.0749. The molecule has 1 fully saturated rings. The van der Waals surface area contributed by atoms with Crippen molar-refractivity contribution >= 4 is 17.5 Å². The second-order valence-corrected chi connectivity index (χ2v) is 5.36. The lowest BCUT2D eigenvalue weighted by atomic mass is 9.85. The molecule has 1 aromatic carbocycles. The van der Waals surface area contributed by atoms with E-state index in [2.05, 4.69) is 5.32 Å². The lowest BCUT2D eigenvalue weighted by molar-refractivity contribution is -0.137. The first-order valence-electron chi connectivity index (χ1n) is 7.19. The normalized spacial score (nSPS) is 21.2. The molecule has 5 nitrogen and oxygen atoms in total. The van der Waals surface area contributed by atoms with Crippen LogP contribution in [0.25, 0.3) is 0 Å². The van der Waals surface area contributed by atoms with E-state index in [9.17, 15) is 23.5 Å². The summed E-state index contributed by atoms with van der Waals surface area (Å²) in [5.74, 6) is -4.10. The van der Waals surface area contributed by atoms with Gasteiger partial charge in [0.25, 0.3) is 0 Å². The van der Waals surface area contributed by atoms with Crippen LogP contribution in [0.4, 0.5) is 14.5 Å². The zero-order valence-electron chi connectivity index (χ0n) is 11.9. The lowest BCUT2D eigenvalue weighted by Crippen LogP contribution is -2.47. The third kappa shape index (κ3) is 3.79. The Bertz CT molecular complexity index is 545. The molecule has 2 rings (SSSR count). The van der Waals surface area contributed by atoms with Crippen LogP contribution in [0.1, 0.15) is 25.7 Å². The molecule has 7 heteroatoms. The van der Waals surface area contributed by atoms with Crippen LogP contribution >= 0.6 is 0 Å². The number of hydrogen-bond acceptors (Lipinski definition) is 3. The molecule has 120 valence electrons. The van der Waals surface area contributed by atoms with E-state index >= 15 is 0 Å². The van der Waals surface area contributed by atoms with Crippen molar-refractivity contribution in [3.63, 3.8) is 0 Å². The number of rotatable bonds is 3. The molecule has 1 aromatic rings. The summed E-state index contributed by atoms with van der Waals surface area (Å²) in [7, 11) is 0. The predicted octanol–water partition coefficient (Wildman–Crippen LogP) is 1.57. The molecule has 22 heavy (non-hydrogen) atoms. The number of anilines is 1. The zero-order valence-corrected chi connectivity index (χ0v) is 11.9. The second-order valence-electron chi connectivity index (χ2n) is 5.36. The molecule has 0 aliphatic heterocycles. The minimum atomic E-state index is -1.13. The van der Waals surface area contributed by atoms with E-state index in [1.807, 2.05) is 5.32 Å². The number of carbonyl (C=O) groups excluding carboxylic acids is 2. The monoisotopic (exact) mass is 312 g/mol. The Kier molecular flexibility index (Phi) is 5.43. The summed E-state index contributed by atoms with van der Waals surface area (Å²) < 4.78 is 26.9. The molecule has 1 aliphatic rings. The maximum absolute atomic E-state index is 13.4. The van der Waals surface area contributed by atoms with E-state index < -0.39 is 29.1 Å². The fourth-order valence-corrected chi connectivity index (χ4v) is 2.64. The van der Waals surface area contributed by atoms with Gasteiger partial charge in [0.05, 0.1) is 0 Å². The number of carbonyl (C=O) groups is 2. The average Bonchev–Trinajstić information content (AvgIpc) is 2.51. The van der Waals surface area contributed by atoms with Gasteiger partial charge in [-0.3, -0.25) is 9.59 Å². The van der Waals surface area contributed by atoms with E-state index in [1.54, 1.807) is 0 Å². The van der Waals surface area contributed by atoms with Gasteiger partial charge in [-0.15, -0.1) is 0 Å². The third-order valence-corrected chi connectivity index (χ3v) is 3.87. The van der Waals surface area contributed by atoms with Gasteiger partial charge in [0, 0.05) is 18.6 Å². The van der Waals surface area contributed by atoms with Crippen molar-refractivity contribution in [2.75, 3.05) is 11.9 Å². The molecule has 1 aliphatic carbocycles. The van der Waals surface area contributed by atoms with Crippen LogP contribution in [0.3, 0.4) is 0 Å². The van der Waals surface area contributed by atoms with Gasteiger partial charge in [-0.25, -0.2) is 8.78 Å². The Morgan fingerprint density at radius 2 is 1.77 bits per heavy atom. The molecule has 0 spiro atoms. The largest absolute Gasteiger partial charge is 0.396 e. The van der Waals surface area contributed by atoms with Gasteiger partial charge in [0.2, 0.25) is 0 Å². The van der Waals surface area contributed by atoms with Crippen LogP contribution in [-0.4, -0.2) is 29.6 Å². The highest BCUT2D eigenvalue weighted by atomic mass is 19.1.